The third-order valence-electron chi connectivity index (χ3n) is 4.84. The minimum absolute atomic E-state index is 0.401. The average molecular weight is 360 g/mol. The molecule has 3 aromatic rings. The van der Waals surface area contributed by atoms with Crippen LogP contribution in [0.1, 0.15) is 27.8 Å². The number of nitrogens with one attached hydrogen (secondary N) is 1. The van der Waals surface area contributed by atoms with Gasteiger partial charge in [-0.25, -0.2) is 0 Å². The van der Waals surface area contributed by atoms with Crippen molar-refractivity contribution in [1.82, 2.24) is 15.3 Å². The molecule has 0 saturated carbocycles. The van der Waals surface area contributed by atoms with E-state index in [1.165, 1.54) is 0 Å². The minimum atomic E-state index is -1.03. The minimum Gasteiger partial charge on any atom is -0.368 e. The number of amides is 1. The van der Waals surface area contributed by atoms with Gasteiger partial charge in [-0.15, -0.1) is 0 Å². The maximum Gasteiger partial charge on any atom is 0.242 e. The van der Waals surface area contributed by atoms with Crippen molar-refractivity contribution in [3.8, 4) is 0 Å². The third-order valence-corrected chi connectivity index (χ3v) is 4.84. The van der Waals surface area contributed by atoms with Crippen LogP contribution in [0.3, 0.4) is 0 Å². The molecule has 0 saturated heterocycles. The van der Waals surface area contributed by atoms with E-state index in [-0.39, 0.29) is 0 Å². The fraction of sp³-hybridized carbons (Fsp3) is 0.227. The number of pyridine rings is 2. The van der Waals surface area contributed by atoms with E-state index in [9.17, 15) is 4.79 Å². The zero-order valence-corrected chi connectivity index (χ0v) is 15.6. The molecule has 1 amide bonds. The molecule has 27 heavy (non-hydrogen) atoms. The highest BCUT2D eigenvalue weighted by molar-refractivity contribution is 5.87. The quantitative estimate of drug-likeness (QED) is 0.679. The van der Waals surface area contributed by atoms with Gasteiger partial charge in [0.1, 0.15) is 5.54 Å². The predicted molar refractivity (Wildman–Crippen MR) is 106 cm³/mol. The highest BCUT2D eigenvalue weighted by Crippen LogP contribution is 2.30. The van der Waals surface area contributed by atoms with Crippen molar-refractivity contribution in [1.29, 1.82) is 0 Å². The summed E-state index contributed by atoms with van der Waals surface area (Å²) < 4.78 is 0. The normalized spacial score (nSPS) is 13.1. The van der Waals surface area contributed by atoms with Gasteiger partial charge in [-0.3, -0.25) is 20.1 Å². The molecular weight excluding hydrogens is 336 g/mol. The van der Waals surface area contributed by atoms with Crippen molar-refractivity contribution in [2.75, 3.05) is 0 Å². The van der Waals surface area contributed by atoms with Gasteiger partial charge in [0.05, 0.1) is 0 Å². The van der Waals surface area contributed by atoms with Crippen LogP contribution in [0.2, 0.25) is 0 Å². The second-order valence-electron chi connectivity index (χ2n) is 6.83. The molecule has 1 aromatic carbocycles. The number of aromatic nitrogens is 2. The number of carbonyl (C=O) groups excluding carboxylic acids is 1. The molecule has 0 aliphatic carbocycles. The lowest BCUT2D eigenvalue weighted by molar-refractivity contribution is -0.125. The van der Waals surface area contributed by atoms with E-state index in [0.29, 0.717) is 13.0 Å². The fourth-order valence-corrected chi connectivity index (χ4v) is 3.32. The van der Waals surface area contributed by atoms with E-state index >= 15 is 0 Å². The van der Waals surface area contributed by atoms with E-state index in [2.05, 4.69) is 15.3 Å². The van der Waals surface area contributed by atoms with Gasteiger partial charge < -0.3 is 5.73 Å². The standard InChI is InChI=1S/C22H24N4O/c1-16-3-4-17(2)20(13-16)22(21(23)27,14-18-5-9-24-10-6-18)26-15-19-7-11-25-12-8-19/h3-13,26H,14-15H2,1-2H3,(H2,23,27). The van der Waals surface area contributed by atoms with Crippen LogP contribution in [-0.2, 0) is 23.3 Å². The fourth-order valence-electron chi connectivity index (χ4n) is 3.32. The van der Waals surface area contributed by atoms with Crippen molar-refractivity contribution < 1.29 is 4.79 Å². The van der Waals surface area contributed by atoms with Crippen molar-refractivity contribution >= 4 is 5.91 Å². The Hall–Kier alpha value is -3.05. The average Bonchev–Trinajstić information content (AvgIpc) is 2.68. The van der Waals surface area contributed by atoms with E-state index in [1.807, 2.05) is 56.3 Å². The van der Waals surface area contributed by atoms with Crippen LogP contribution >= 0.6 is 0 Å². The van der Waals surface area contributed by atoms with Crippen molar-refractivity contribution in [2.45, 2.75) is 32.4 Å². The molecule has 5 nitrogen and oxygen atoms in total. The van der Waals surface area contributed by atoms with Gasteiger partial charge in [-0.2, -0.15) is 0 Å². The molecule has 3 rings (SSSR count). The Morgan fingerprint density at radius 2 is 1.56 bits per heavy atom. The van der Waals surface area contributed by atoms with Crippen LogP contribution in [0.4, 0.5) is 0 Å². The molecule has 138 valence electrons. The van der Waals surface area contributed by atoms with Crippen molar-refractivity contribution in [2.24, 2.45) is 5.73 Å². The molecule has 0 aliphatic heterocycles. The summed E-state index contributed by atoms with van der Waals surface area (Å²) in [4.78, 5) is 21.0. The van der Waals surface area contributed by atoms with E-state index in [1.54, 1.807) is 24.8 Å². The molecule has 5 heteroatoms. The number of primary amides is 1. The number of benzene rings is 1. The summed E-state index contributed by atoms with van der Waals surface area (Å²) in [7, 11) is 0. The predicted octanol–water partition coefficient (Wildman–Crippen LogP) is 2.81. The van der Waals surface area contributed by atoms with Crippen LogP contribution < -0.4 is 11.1 Å². The van der Waals surface area contributed by atoms with Crippen LogP contribution in [0, 0.1) is 13.8 Å². The zero-order chi connectivity index (χ0) is 19.3. The Morgan fingerprint density at radius 3 is 2.15 bits per heavy atom. The molecule has 0 aliphatic rings. The molecule has 3 N–H and O–H groups in total. The summed E-state index contributed by atoms with van der Waals surface area (Å²) in [6.45, 7) is 4.53. The molecule has 1 atom stereocenters. The summed E-state index contributed by atoms with van der Waals surface area (Å²) in [5, 5.41) is 3.46. The second kappa shape index (κ2) is 8.10. The van der Waals surface area contributed by atoms with E-state index in [0.717, 1.165) is 27.8 Å². The maximum atomic E-state index is 12.8. The van der Waals surface area contributed by atoms with Crippen molar-refractivity contribution in [3.05, 3.63) is 95.1 Å². The Kier molecular flexibility index (Phi) is 5.62. The van der Waals surface area contributed by atoms with Gasteiger partial charge in [0.2, 0.25) is 5.91 Å². The Bertz CT molecular complexity index is 912. The monoisotopic (exact) mass is 360 g/mol. The molecule has 2 heterocycles. The van der Waals surface area contributed by atoms with E-state index < -0.39 is 11.4 Å². The molecule has 0 fully saturated rings. The van der Waals surface area contributed by atoms with Crippen LogP contribution in [0.25, 0.3) is 0 Å². The third kappa shape index (κ3) is 4.20. The SMILES string of the molecule is Cc1ccc(C)c(C(Cc2ccncc2)(NCc2ccncc2)C(N)=O)c1. The lowest BCUT2D eigenvalue weighted by atomic mass is 9.80. The Labute approximate surface area is 159 Å². The van der Waals surface area contributed by atoms with Gasteiger partial charge in [-0.1, -0.05) is 23.8 Å². The molecule has 0 spiro atoms. The Morgan fingerprint density at radius 1 is 0.963 bits per heavy atom. The van der Waals surface area contributed by atoms with Gasteiger partial charge in [-0.05, 0) is 60.4 Å². The van der Waals surface area contributed by atoms with Crippen molar-refractivity contribution in [3.63, 3.8) is 0 Å². The summed E-state index contributed by atoms with van der Waals surface area (Å²) in [5.74, 6) is -0.401. The number of nitrogens with two attached hydrogens (primary N) is 1. The molecular formula is C22H24N4O. The topological polar surface area (TPSA) is 80.9 Å². The summed E-state index contributed by atoms with van der Waals surface area (Å²) in [5.41, 5.74) is 10.0. The lowest BCUT2D eigenvalue weighted by Gasteiger charge is -2.34. The summed E-state index contributed by atoms with van der Waals surface area (Å²) in [6, 6.07) is 13.8. The first kappa shape index (κ1) is 18.7. The van der Waals surface area contributed by atoms with Crippen LogP contribution in [0.15, 0.2) is 67.3 Å². The largest absolute Gasteiger partial charge is 0.368 e. The number of rotatable bonds is 7. The molecule has 0 bridgehead atoms. The summed E-state index contributed by atoms with van der Waals surface area (Å²) >= 11 is 0. The molecule has 0 radical (unpaired) electrons. The number of hydrogen-bond donors (Lipinski definition) is 2. The maximum absolute atomic E-state index is 12.8. The Balaban J connectivity index is 2.07. The zero-order valence-electron chi connectivity index (χ0n) is 15.6. The van der Waals surface area contributed by atoms with E-state index in [4.69, 9.17) is 5.73 Å². The first-order valence-electron chi connectivity index (χ1n) is 8.92. The van der Waals surface area contributed by atoms with Crippen LogP contribution in [-0.4, -0.2) is 15.9 Å². The number of aryl methyl sites for hydroxylation is 2. The summed E-state index contributed by atoms with van der Waals surface area (Å²) in [6.07, 6.45) is 7.38. The molecule has 1 unspecified atom stereocenters. The smallest absolute Gasteiger partial charge is 0.242 e. The van der Waals surface area contributed by atoms with Gasteiger partial charge in [0.15, 0.2) is 0 Å². The molecule has 2 aromatic heterocycles. The first-order valence-corrected chi connectivity index (χ1v) is 8.92. The van der Waals surface area contributed by atoms with Gasteiger partial charge >= 0.3 is 0 Å². The highest BCUT2D eigenvalue weighted by Gasteiger charge is 2.39. The van der Waals surface area contributed by atoms with Crippen LogP contribution in [0.5, 0.6) is 0 Å². The second-order valence-corrected chi connectivity index (χ2v) is 6.83. The number of nitrogens with zero attached hydrogens (tertiary/aromatic N) is 2. The lowest BCUT2D eigenvalue weighted by Crippen LogP contribution is -2.54. The first-order chi connectivity index (χ1) is 13.0. The number of carbonyl (C=O) groups is 1. The van der Waals surface area contributed by atoms with Gasteiger partial charge in [0.25, 0.3) is 0 Å². The number of hydrogen-bond acceptors (Lipinski definition) is 4. The van der Waals surface area contributed by atoms with Gasteiger partial charge in [0, 0.05) is 37.8 Å². The highest BCUT2D eigenvalue weighted by atomic mass is 16.1.